The second kappa shape index (κ2) is 7.25. The van der Waals surface area contributed by atoms with E-state index in [1.807, 2.05) is 13.8 Å². The van der Waals surface area contributed by atoms with Crippen LogP contribution in [-0.2, 0) is 11.2 Å². The van der Waals surface area contributed by atoms with Crippen molar-refractivity contribution >= 4 is 23.1 Å². The number of hydrogen-bond donors (Lipinski definition) is 2. The normalized spacial score (nSPS) is 10.6. The second-order valence-electron chi connectivity index (χ2n) is 6.16. The zero-order chi connectivity index (χ0) is 19.6. The van der Waals surface area contributed by atoms with Crippen molar-refractivity contribution in [3.63, 3.8) is 0 Å². The van der Waals surface area contributed by atoms with Gasteiger partial charge in [-0.3, -0.25) is 9.59 Å². The molecule has 27 heavy (non-hydrogen) atoms. The highest BCUT2D eigenvalue weighted by atomic mass is 16.2. The van der Waals surface area contributed by atoms with Crippen LogP contribution < -0.4 is 11.1 Å². The summed E-state index contributed by atoms with van der Waals surface area (Å²) in [6, 6.07) is 8.47. The van der Waals surface area contributed by atoms with Gasteiger partial charge in [-0.15, -0.1) is 0 Å². The largest absolute Gasteiger partial charge is 0.366 e. The number of nitriles is 1. The van der Waals surface area contributed by atoms with Crippen LogP contribution in [0.5, 0.6) is 0 Å². The molecule has 1 aromatic carbocycles. The van der Waals surface area contributed by atoms with E-state index in [2.05, 4.69) is 21.5 Å². The van der Waals surface area contributed by atoms with Crippen LogP contribution >= 0.6 is 0 Å². The van der Waals surface area contributed by atoms with Gasteiger partial charge in [-0.05, 0) is 50.1 Å². The Morgan fingerprint density at radius 3 is 2.59 bits per heavy atom. The number of rotatable bonds is 5. The standard InChI is InChI=1S/C19H18N6O2/c1-11-16(12(2)25-19(23-11)14(9-20)10-22-25)7-8-17(26)24-15-5-3-13(4-6-15)18(21)27/h3-6,10H,7-8H2,1-2H3,(H2,21,27)(H,24,26). The third kappa shape index (κ3) is 3.62. The van der Waals surface area contributed by atoms with Crippen LogP contribution in [0.15, 0.2) is 30.5 Å². The number of primary amides is 1. The maximum Gasteiger partial charge on any atom is 0.248 e. The molecule has 0 unspecified atom stereocenters. The number of aryl methyl sites for hydroxylation is 2. The van der Waals surface area contributed by atoms with Crippen LogP contribution in [0, 0.1) is 25.2 Å². The molecule has 8 nitrogen and oxygen atoms in total. The molecule has 0 atom stereocenters. The van der Waals surface area contributed by atoms with Gasteiger partial charge < -0.3 is 11.1 Å². The number of amides is 2. The molecular weight excluding hydrogens is 344 g/mol. The molecule has 0 aliphatic rings. The van der Waals surface area contributed by atoms with Crippen LogP contribution in [-0.4, -0.2) is 26.4 Å². The zero-order valence-electron chi connectivity index (χ0n) is 15.0. The molecule has 3 N–H and O–H groups in total. The Bertz CT molecular complexity index is 1080. The fourth-order valence-electron chi connectivity index (χ4n) is 2.93. The van der Waals surface area contributed by atoms with Gasteiger partial charge in [0, 0.05) is 29.1 Å². The van der Waals surface area contributed by atoms with E-state index in [0.717, 1.165) is 17.0 Å². The van der Waals surface area contributed by atoms with E-state index < -0.39 is 5.91 Å². The number of hydrogen-bond acceptors (Lipinski definition) is 5. The molecule has 3 aromatic rings. The van der Waals surface area contributed by atoms with E-state index in [0.29, 0.717) is 28.9 Å². The summed E-state index contributed by atoms with van der Waals surface area (Å²) in [5, 5.41) is 16.1. The van der Waals surface area contributed by atoms with E-state index in [9.17, 15) is 9.59 Å². The van der Waals surface area contributed by atoms with Gasteiger partial charge in [-0.25, -0.2) is 9.50 Å². The molecular formula is C19H18N6O2. The first-order chi connectivity index (χ1) is 12.9. The molecule has 0 fully saturated rings. The fraction of sp³-hybridized carbons (Fsp3) is 0.211. The zero-order valence-corrected chi connectivity index (χ0v) is 15.0. The number of nitrogens with two attached hydrogens (primary N) is 1. The van der Waals surface area contributed by atoms with Crippen molar-refractivity contribution in [3.8, 4) is 6.07 Å². The minimum Gasteiger partial charge on any atom is -0.366 e. The van der Waals surface area contributed by atoms with Gasteiger partial charge in [-0.2, -0.15) is 10.4 Å². The molecule has 2 amide bonds. The van der Waals surface area contributed by atoms with Crippen molar-refractivity contribution in [1.82, 2.24) is 14.6 Å². The summed E-state index contributed by atoms with van der Waals surface area (Å²) < 4.78 is 1.63. The molecule has 0 radical (unpaired) electrons. The molecule has 2 heterocycles. The summed E-state index contributed by atoms with van der Waals surface area (Å²) in [6.07, 6.45) is 2.24. The first-order valence-electron chi connectivity index (χ1n) is 8.34. The van der Waals surface area contributed by atoms with Crippen LogP contribution in [0.2, 0.25) is 0 Å². The van der Waals surface area contributed by atoms with Gasteiger partial charge in [0.05, 0.1) is 6.20 Å². The van der Waals surface area contributed by atoms with Gasteiger partial charge in [0.1, 0.15) is 11.6 Å². The minimum atomic E-state index is -0.514. The molecule has 0 aliphatic carbocycles. The quantitative estimate of drug-likeness (QED) is 0.716. The van der Waals surface area contributed by atoms with Crippen molar-refractivity contribution in [2.75, 3.05) is 5.32 Å². The Morgan fingerprint density at radius 1 is 1.26 bits per heavy atom. The predicted octanol–water partition coefficient (Wildman–Crippen LogP) is 1.89. The molecule has 0 aliphatic heterocycles. The monoisotopic (exact) mass is 362 g/mol. The highest BCUT2D eigenvalue weighted by molar-refractivity contribution is 5.94. The number of aromatic nitrogens is 3. The highest BCUT2D eigenvalue weighted by Gasteiger charge is 2.15. The smallest absolute Gasteiger partial charge is 0.248 e. The number of fused-ring (bicyclic) bond motifs is 1. The van der Waals surface area contributed by atoms with E-state index in [1.165, 1.54) is 6.20 Å². The third-order valence-electron chi connectivity index (χ3n) is 4.38. The molecule has 0 saturated heterocycles. The molecule has 0 saturated carbocycles. The molecule has 0 bridgehead atoms. The Labute approximate surface area is 155 Å². The SMILES string of the molecule is Cc1nc2c(C#N)cnn2c(C)c1CCC(=O)Nc1ccc(C(N)=O)cc1. The summed E-state index contributed by atoms with van der Waals surface area (Å²) in [5.74, 6) is -0.668. The lowest BCUT2D eigenvalue weighted by Crippen LogP contribution is -2.15. The lowest BCUT2D eigenvalue weighted by atomic mass is 10.1. The number of carbonyl (C=O) groups excluding carboxylic acids is 2. The van der Waals surface area contributed by atoms with E-state index in [1.54, 1.807) is 28.8 Å². The highest BCUT2D eigenvalue weighted by Crippen LogP contribution is 2.18. The van der Waals surface area contributed by atoms with Crippen molar-refractivity contribution < 1.29 is 9.59 Å². The third-order valence-corrected chi connectivity index (χ3v) is 4.38. The number of nitrogens with zero attached hydrogens (tertiary/aromatic N) is 4. The minimum absolute atomic E-state index is 0.154. The van der Waals surface area contributed by atoms with E-state index in [-0.39, 0.29) is 12.3 Å². The van der Waals surface area contributed by atoms with E-state index in [4.69, 9.17) is 11.0 Å². The summed E-state index contributed by atoms with van der Waals surface area (Å²) in [4.78, 5) is 27.8. The first-order valence-corrected chi connectivity index (χ1v) is 8.34. The lowest BCUT2D eigenvalue weighted by molar-refractivity contribution is -0.116. The van der Waals surface area contributed by atoms with Crippen molar-refractivity contribution in [2.45, 2.75) is 26.7 Å². The first kappa shape index (κ1) is 18.1. The van der Waals surface area contributed by atoms with Crippen molar-refractivity contribution in [1.29, 1.82) is 5.26 Å². The van der Waals surface area contributed by atoms with Crippen molar-refractivity contribution in [2.24, 2.45) is 5.73 Å². The maximum absolute atomic E-state index is 12.3. The lowest BCUT2D eigenvalue weighted by Gasteiger charge is -2.11. The van der Waals surface area contributed by atoms with Gasteiger partial charge in [0.2, 0.25) is 11.8 Å². The number of anilines is 1. The summed E-state index contributed by atoms with van der Waals surface area (Å²) in [6.45, 7) is 3.75. The van der Waals surface area contributed by atoms with Gasteiger partial charge in [0.15, 0.2) is 5.65 Å². The summed E-state index contributed by atoms with van der Waals surface area (Å²) in [7, 11) is 0. The predicted molar refractivity (Wildman–Crippen MR) is 99.1 cm³/mol. The van der Waals surface area contributed by atoms with Gasteiger partial charge in [0.25, 0.3) is 0 Å². The Morgan fingerprint density at radius 2 is 1.96 bits per heavy atom. The Hall–Kier alpha value is -3.73. The Kier molecular flexibility index (Phi) is 4.86. The number of benzene rings is 1. The maximum atomic E-state index is 12.3. The number of carbonyl (C=O) groups is 2. The molecule has 136 valence electrons. The molecule has 8 heteroatoms. The van der Waals surface area contributed by atoms with Gasteiger partial charge in [-0.1, -0.05) is 0 Å². The average molecular weight is 362 g/mol. The van der Waals surface area contributed by atoms with Crippen molar-refractivity contribution in [3.05, 3.63) is 58.5 Å². The van der Waals surface area contributed by atoms with Gasteiger partial charge >= 0.3 is 0 Å². The molecule has 3 rings (SSSR count). The summed E-state index contributed by atoms with van der Waals surface area (Å²) >= 11 is 0. The van der Waals surface area contributed by atoms with Crippen LogP contribution in [0.1, 0.15) is 39.3 Å². The fourth-order valence-corrected chi connectivity index (χ4v) is 2.93. The number of nitrogens with one attached hydrogen (secondary N) is 1. The average Bonchev–Trinajstić information content (AvgIpc) is 3.05. The summed E-state index contributed by atoms with van der Waals surface area (Å²) in [5.41, 5.74) is 9.68. The molecule has 0 spiro atoms. The molecule has 2 aromatic heterocycles. The Balaban J connectivity index is 1.72. The van der Waals surface area contributed by atoms with Crippen LogP contribution in [0.25, 0.3) is 5.65 Å². The van der Waals surface area contributed by atoms with Crippen LogP contribution in [0.4, 0.5) is 5.69 Å². The van der Waals surface area contributed by atoms with E-state index >= 15 is 0 Å². The van der Waals surface area contributed by atoms with Crippen LogP contribution in [0.3, 0.4) is 0 Å². The topological polar surface area (TPSA) is 126 Å². The second-order valence-corrected chi connectivity index (χ2v) is 6.16.